The van der Waals surface area contributed by atoms with Crippen LogP contribution in [0.25, 0.3) is 0 Å². The van der Waals surface area contributed by atoms with E-state index in [9.17, 15) is 23.3 Å². The zero-order chi connectivity index (χ0) is 20.6. The van der Waals surface area contributed by atoms with Gasteiger partial charge in [0, 0.05) is 0 Å². The maximum atomic E-state index is 12.2. The predicted molar refractivity (Wildman–Crippen MR) is 98.7 cm³/mol. The molecule has 1 saturated carbocycles. The molecule has 0 heterocycles. The molecule has 1 aliphatic carbocycles. The number of amides is 1. The number of nitrogens with one attached hydrogen (secondary N) is 2. The van der Waals surface area contributed by atoms with Gasteiger partial charge in [0.05, 0.1) is 17.6 Å². The molecule has 0 bridgehead atoms. The van der Waals surface area contributed by atoms with Crippen LogP contribution in [0.5, 0.6) is 5.75 Å². The molecule has 0 atom stereocenters. The first-order chi connectivity index (χ1) is 13.3. The zero-order valence-corrected chi connectivity index (χ0v) is 16.4. The summed E-state index contributed by atoms with van der Waals surface area (Å²) in [5.74, 6) is -0.961. The molecule has 1 aliphatic rings. The first-order valence-electron chi connectivity index (χ1n) is 8.91. The number of hydrogen-bond donors (Lipinski definition) is 2. The van der Waals surface area contributed by atoms with Gasteiger partial charge in [-0.1, -0.05) is 0 Å². The monoisotopic (exact) mass is 409 g/mol. The quantitative estimate of drug-likeness (QED) is 0.578. The summed E-state index contributed by atoms with van der Waals surface area (Å²) in [6.07, 6.45) is 2.82. The number of nitrogens with zero attached hydrogens (tertiary/aromatic N) is 1. The fourth-order valence-electron chi connectivity index (χ4n) is 2.86. The number of carbonyl (C=O) groups is 2. The minimum Gasteiger partial charge on any atom is -0.494 e. The fourth-order valence-corrected chi connectivity index (χ4v) is 3.83. The Kier molecular flexibility index (Phi) is 7.37. The number of rotatable bonds is 9. The maximum Gasteiger partial charge on any atom is 0.321 e. The lowest BCUT2D eigenvalue weighted by Crippen LogP contribution is -2.47. The third kappa shape index (κ3) is 5.94. The SMILES string of the molecule is CCOc1ccc(S(=O)(=O)NCC(=O)OCC(=O)NC2(C#N)CCCC2)cc1. The number of hydrogen-bond acceptors (Lipinski definition) is 7. The van der Waals surface area contributed by atoms with Crippen LogP contribution in [0.15, 0.2) is 29.2 Å². The smallest absolute Gasteiger partial charge is 0.321 e. The van der Waals surface area contributed by atoms with Crippen LogP contribution in [-0.2, 0) is 24.3 Å². The van der Waals surface area contributed by atoms with Gasteiger partial charge in [0.25, 0.3) is 5.91 Å². The molecule has 2 N–H and O–H groups in total. The van der Waals surface area contributed by atoms with Crippen molar-refractivity contribution in [2.45, 2.75) is 43.0 Å². The number of nitriles is 1. The molecule has 28 heavy (non-hydrogen) atoms. The van der Waals surface area contributed by atoms with Gasteiger partial charge in [0.2, 0.25) is 10.0 Å². The molecule has 2 rings (SSSR count). The molecule has 10 heteroatoms. The summed E-state index contributed by atoms with van der Waals surface area (Å²) >= 11 is 0. The van der Waals surface area contributed by atoms with Gasteiger partial charge < -0.3 is 14.8 Å². The summed E-state index contributed by atoms with van der Waals surface area (Å²) in [6.45, 7) is 1.07. The number of ether oxygens (including phenoxy) is 2. The van der Waals surface area contributed by atoms with E-state index in [1.54, 1.807) is 0 Å². The van der Waals surface area contributed by atoms with Crippen molar-refractivity contribution in [2.75, 3.05) is 19.8 Å². The molecule has 1 amide bonds. The highest BCUT2D eigenvalue weighted by Crippen LogP contribution is 2.28. The van der Waals surface area contributed by atoms with Crippen molar-refractivity contribution >= 4 is 21.9 Å². The van der Waals surface area contributed by atoms with Crippen molar-refractivity contribution < 1.29 is 27.5 Å². The molecule has 1 aromatic rings. The van der Waals surface area contributed by atoms with Crippen molar-refractivity contribution in [1.82, 2.24) is 10.0 Å². The second-order valence-corrected chi connectivity index (χ2v) is 8.11. The predicted octanol–water partition coefficient (Wildman–Crippen LogP) is 0.859. The van der Waals surface area contributed by atoms with Gasteiger partial charge in [0.1, 0.15) is 17.8 Å². The maximum absolute atomic E-state index is 12.2. The number of carbonyl (C=O) groups excluding carboxylic acids is 2. The topological polar surface area (TPSA) is 135 Å². The Balaban J connectivity index is 1.79. The Hall–Kier alpha value is -2.64. The average molecular weight is 409 g/mol. The molecule has 1 aromatic carbocycles. The van der Waals surface area contributed by atoms with Gasteiger partial charge in [-0.2, -0.15) is 9.98 Å². The lowest BCUT2D eigenvalue weighted by molar-refractivity contribution is -0.147. The molecule has 9 nitrogen and oxygen atoms in total. The lowest BCUT2D eigenvalue weighted by atomic mass is 10.00. The van der Waals surface area contributed by atoms with Crippen molar-refractivity contribution in [3.63, 3.8) is 0 Å². The number of benzene rings is 1. The van der Waals surface area contributed by atoms with Crippen LogP contribution >= 0.6 is 0 Å². The molecule has 152 valence electrons. The molecule has 0 saturated heterocycles. The Bertz CT molecular complexity index is 839. The van der Waals surface area contributed by atoms with Crippen LogP contribution in [0.2, 0.25) is 0 Å². The van der Waals surface area contributed by atoms with Gasteiger partial charge in [-0.3, -0.25) is 9.59 Å². The normalized spacial score (nSPS) is 15.4. The highest BCUT2D eigenvalue weighted by atomic mass is 32.2. The highest BCUT2D eigenvalue weighted by Gasteiger charge is 2.35. The van der Waals surface area contributed by atoms with E-state index in [0.717, 1.165) is 12.8 Å². The zero-order valence-electron chi connectivity index (χ0n) is 15.6. The van der Waals surface area contributed by atoms with Crippen molar-refractivity contribution in [2.24, 2.45) is 0 Å². The Morgan fingerprint density at radius 1 is 1.21 bits per heavy atom. The summed E-state index contributed by atoms with van der Waals surface area (Å²) < 4.78 is 36.5. The van der Waals surface area contributed by atoms with Crippen molar-refractivity contribution in [1.29, 1.82) is 5.26 Å². The van der Waals surface area contributed by atoms with Crippen LogP contribution < -0.4 is 14.8 Å². The van der Waals surface area contributed by atoms with Gasteiger partial charge >= 0.3 is 5.97 Å². The van der Waals surface area contributed by atoms with E-state index in [0.29, 0.717) is 25.2 Å². The minimum absolute atomic E-state index is 0.0290. The van der Waals surface area contributed by atoms with Crippen LogP contribution in [0, 0.1) is 11.3 Å². The average Bonchev–Trinajstić information content (AvgIpc) is 3.14. The number of sulfonamides is 1. The molecule has 0 radical (unpaired) electrons. The van der Waals surface area contributed by atoms with Gasteiger partial charge in [-0.05, 0) is 56.9 Å². The van der Waals surface area contributed by atoms with Gasteiger partial charge in [0.15, 0.2) is 6.61 Å². The van der Waals surface area contributed by atoms with E-state index in [4.69, 9.17) is 9.47 Å². The van der Waals surface area contributed by atoms with Crippen LogP contribution in [0.1, 0.15) is 32.6 Å². The molecule has 0 unspecified atom stereocenters. The highest BCUT2D eigenvalue weighted by molar-refractivity contribution is 7.89. The standard InChI is InChI=1S/C18H23N3O6S/c1-2-26-14-5-7-15(8-6-14)28(24,25)20-11-17(23)27-12-16(22)21-18(13-19)9-3-4-10-18/h5-8,20H,2-4,9-12H2,1H3,(H,21,22). The van der Waals surface area contributed by atoms with E-state index >= 15 is 0 Å². The Morgan fingerprint density at radius 2 is 1.86 bits per heavy atom. The first-order valence-corrected chi connectivity index (χ1v) is 10.4. The van der Waals surface area contributed by atoms with Crippen molar-refractivity contribution in [3.05, 3.63) is 24.3 Å². The summed E-state index contributed by atoms with van der Waals surface area (Å²) in [6, 6.07) is 7.83. The van der Waals surface area contributed by atoms with E-state index < -0.39 is 40.6 Å². The summed E-state index contributed by atoms with van der Waals surface area (Å²) in [5.41, 5.74) is -0.904. The van der Waals surface area contributed by atoms with Crippen molar-refractivity contribution in [3.8, 4) is 11.8 Å². The second kappa shape index (κ2) is 9.52. The molecule has 0 aromatic heterocycles. The third-order valence-electron chi connectivity index (χ3n) is 4.27. The third-order valence-corrected chi connectivity index (χ3v) is 5.68. The van der Waals surface area contributed by atoms with Crippen LogP contribution in [0.3, 0.4) is 0 Å². The largest absolute Gasteiger partial charge is 0.494 e. The Labute approximate surface area is 164 Å². The van der Waals surface area contributed by atoms with E-state index in [-0.39, 0.29) is 4.90 Å². The molecular formula is C18H23N3O6S. The summed E-state index contributed by atoms with van der Waals surface area (Å²) in [5, 5.41) is 11.8. The lowest BCUT2D eigenvalue weighted by Gasteiger charge is -2.21. The van der Waals surface area contributed by atoms with E-state index in [2.05, 4.69) is 16.1 Å². The van der Waals surface area contributed by atoms with E-state index in [1.807, 2.05) is 6.92 Å². The molecule has 0 spiro atoms. The number of esters is 1. The molecular weight excluding hydrogens is 386 g/mol. The van der Waals surface area contributed by atoms with Crippen LogP contribution in [-0.4, -0.2) is 45.6 Å². The Morgan fingerprint density at radius 3 is 2.43 bits per heavy atom. The summed E-state index contributed by atoms with van der Waals surface area (Å²) in [4.78, 5) is 23.6. The summed E-state index contributed by atoms with van der Waals surface area (Å²) in [7, 11) is -3.91. The minimum atomic E-state index is -3.91. The van der Waals surface area contributed by atoms with Crippen LogP contribution in [0.4, 0.5) is 0 Å². The van der Waals surface area contributed by atoms with E-state index in [1.165, 1.54) is 24.3 Å². The first kappa shape index (κ1) is 21.7. The fraction of sp³-hybridized carbons (Fsp3) is 0.500. The van der Waals surface area contributed by atoms with Gasteiger partial charge in [-0.15, -0.1) is 0 Å². The van der Waals surface area contributed by atoms with Gasteiger partial charge in [-0.25, -0.2) is 8.42 Å². The second-order valence-electron chi connectivity index (χ2n) is 6.34. The molecule has 0 aliphatic heterocycles. The molecule has 1 fully saturated rings.